The molecule has 2 aromatic rings. The number of aliphatic hydroxyl groups excluding tert-OH is 2. The highest BCUT2D eigenvalue weighted by Gasteiger charge is 2.53. The minimum Gasteiger partial charge on any atom is -0.394 e. The highest BCUT2D eigenvalue weighted by Crippen LogP contribution is 2.42. The van der Waals surface area contributed by atoms with E-state index in [4.69, 9.17) is 19.9 Å². The largest absolute Gasteiger partial charge is 0.394 e. The van der Waals surface area contributed by atoms with E-state index in [0.717, 1.165) is 0 Å². The molecule has 0 amide bonds. The Balaban J connectivity index is 2.16. The van der Waals surface area contributed by atoms with E-state index in [2.05, 4.69) is 9.97 Å². The standard InChI is InChI=1S/C17H26N4O6/c1-4-25-15(26-5-2)9-6-21(14-11(9)13(18)19-8-20-14)16-17(3,24)12(23)10(7-22)27-16/h6,8,10,12,15-16,22-24H,4-5,7H2,1-3H3,(H2,18,19,20)/t10?,12-,16?,17-/m1/s1. The van der Waals surface area contributed by atoms with Crippen molar-refractivity contribution in [2.45, 2.75) is 51.1 Å². The zero-order valence-electron chi connectivity index (χ0n) is 15.6. The van der Waals surface area contributed by atoms with Crippen LogP contribution < -0.4 is 5.73 Å². The second kappa shape index (κ2) is 7.66. The lowest BCUT2D eigenvalue weighted by Crippen LogP contribution is -2.44. The Bertz CT molecular complexity index is 789. The molecule has 0 radical (unpaired) electrons. The first-order valence-electron chi connectivity index (χ1n) is 8.87. The summed E-state index contributed by atoms with van der Waals surface area (Å²) in [7, 11) is 0. The zero-order valence-corrected chi connectivity index (χ0v) is 15.6. The number of nitrogens with two attached hydrogens (primary N) is 1. The number of nitrogen functional groups attached to an aromatic ring is 1. The summed E-state index contributed by atoms with van der Waals surface area (Å²) in [5.74, 6) is 0.232. The molecule has 4 atom stereocenters. The average molecular weight is 382 g/mol. The molecule has 150 valence electrons. The van der Waals surface area contributed by atoms with Gasteiger partial charge < -0.3 is 39.8 Å². The molecule has 1 fully saturated rings. The van der Waals surface area contributed by atoms with Crippen molar-refractivity contribution in [3.8, 4) is 0 Å². The number of anilines is 1. The van der Waals surface area contributed by atoms with Gasteiger partial charge in [-0.1, -0.05) is 0 Å². The van der Waals surface area contributed by atoms with E-state index >= 15 is 0 Å². The smallest absolute Gasteiger partial charge is 0.186 e. The molecular formula is C17H26N4O6. The maximum Gasteiger partial charge on any atom is 0.186 e. The Morgan fingerprint density at radius 1 is 1.33 bits per heavy atom. The van der Waals surface area contributed by atoms with Crippen molar-refractivity contribution < 1.29 is 29.5 Å². The molecule has 3 rings (SSSR count). The fraction of sp³-hybridized carbons (Fsp3) is 0.647. The normalized spacial score (nSPS) is 28.5. The predicted molar refractivity (Wildman–Crippen MR) is 95.6 cm³/mol. The third-order valence-electron chi connectivity index (χ3n) is 4.75. The Kier molecular flexibility index (Phi) is 5.65. The highest BCUT2D eigenvalue weighted by atomic mass is 16.7. The molecule has 0 spiro atoms. The van der Waals surface area contributed by atoms with Crippen molar-refractivity contribution in [2.75, 3.05) is 25.6 Å². The number of ether oxygens (including phenoxy) is 3. The summed E-state index contributed by atoms with van der Waals surface area (Å²) in [5, 5.41) is 31.1. The van der Waals surface area contributed by atoms with E-state index in [1.807, 2.05) is 13.8 Å². The second-order valence-corrected chi connectivity index (χ2v) is 6.57. The fourth-order valence-electron chi connectivity index (χ4n) is 3.42. The summed E-state index contributed by atoms with van der Waals surface area (Å²) in [6, 6.07) is 0. The molecule has 5 N–H and O–H groups in total. The summed E-state index contributed by atoms with van der Waals surface area (Å²) in [6.07, 6.45) is -0.946. The predicted octanol–water partition coefficient (Wildman–Crippen LogP) is 0.0867. The second-order valence-electron chi connectivity index (χ2n) is 6.57. The van der Waals surface area contributed by atoms with E-state index in [-0.39, 0.29) is 5.82 Å². The van der Waals surface area contributed by atoms with Gasteiger partial charge in [-0.2, -0.15) is 0 Å². The van der Waals surface area contributed by atoms with Crippen molar-refractivity contribution in [3.05, 3.63) is 18.1 Å². The minimum atomic E-state index is -1.66. The summed E-state index contributed by atoms with van der Waals surface area (Å²) in [4.78, 5) is 8.32. The van der Waals surface area contributed by atoms with E-state index in [1.165, 1.54) is 13.3 Å². The Morgan fingerprint density at radius 3 is 2.56 bits per heavy atom. The lowest BCUT2D eigenvalue weighted by Gasteiger charge is -2.27. The van der Waals surface area contributed by atoms with Gasteiger partial charge in [-0.15, -0.1) is 0 Å². The number of aliphatic hydroxyl groups is 3. The molecule has 27 heavy (non-hydrogen) atoms. The first-order chi connectivity index (χ1) is 12.9. The summed E-state index contributed by atoms with van der Waals surface area (Å²) in [5.41, 5.74) is 5.41. The van der Waals surface area contributed by atoms with Crippen molar-refractivity contribution in [2.24, 2.45) is 0 Å². The van der Waals surface area contributed by atoms with Gasteiger partial charge in [0.2, 0.25) is 0 Å². The van der Waals surface area contributed by atoms with Crippen molar-refractivity contribution >= 4 is 16.9 Å². The third-order valence-corrected chi connectivity index (χ3v) is 4.75. The van der Waals surface area contributed by atoms with Crippen LogP contribution in [0.3, 0.4) is 0 Å². The number of hydrogen-bond acceptors (Lipinski definition) is 9. The van der Waals surface area contributed by atoms with Crippen LogP contribution in [0, 0.1) is 0 Å². The van der Waals surface area contributed by atoms with Gasteiger partial charge in [0.05, 0.1) is 12.0 Å². The van der Waals surface area contributed by atoms with Gasteiger partial charge in [-0.3, -0.25) is 0 Å². The van der Waals surface area contributed by atoms with E-state index in [0.29, 0.717) is 29.8 Å². The molecule has 2 unspecified atom stereocenters. The third kappa shape index (κ3) is 3.28. The van der Waals surface area contributed by atoms with Crippen LogP contribution in [0.2, 0.25) is 0 Å². The molecule has 0 saturated carbocycles. The summed E-state index contributed by atoms with van der Waals surface area (Å²) in [6.45, 7) is 5.52. The Hall–Kier alpha value is -1.82. The van der Waals surface area contributed by atoms with Crippen molar-refractivity contribution in [1.82, 2.24) is 14.5 Å². The molecular weight excluding hydrogens is 356 g/mol. The zero-order chi connectivity index (χ0) is 19.8. The van der Waals surface area contributed by atoms with Crippen LogP contribution in [0.25, 0.3) is 11.0 Å². The summed E-state index contributed by atoms with van der Waals surface area (Å²) >= 11 is 0. The number of nitrogens with zero attached hydrogens (tertiary/aromatic N) is 3. The lowest BCUT2D eigenvalue weighted by molar-refractivity contribution is -0.140. The fourth-order valence-corrected chi connectivity index (χ4v) is 3.42. The first-order valence-corrected chi connectivity index (χ1v) is 8.87. The van der Waals surface area contributed by atoms with Crippen LogP contribution in [-0.4, -0.2) is 67.5 Å². The van der Waals surface area contributed by atoms with Gasteiger partial charge in [-0.05, 0) is 20.8 Å². The molecule has 2 aromatic heterocycles. The van der Waals surface area contributed by atoms with E-state index in [1.54, 1.807) is 10.8 Å². The lowest BCUT2D eigenvalue weighted by atomic mass is 9.96. The van der Waals surface area contributed by atoms with Gasteiger partial charge in [0.15, 0.2) is 12.5 Å². The number of hydrogen-bond donors (Lipinski definition) is 4. The molecule has 3 heterocycles. The van der Waals surface area contributed by atoms with Crippen LogP contribution >= 0.6 is 0 Å². The van der Waals surface area contributed by atoms with E-state index in [9.17, 15) is 15.3 Å². The molecule has 10 heteroatoms. The van der Waals surface area contributed by atoms with Gasteiger partial charge in [0.25, 0.3) is 0 Å². The SMILES string of the molecule is CCOC(OCC)c1cn(C2OC(CO)[C@@H](O)[C@@]2(C)O)c2ncnc(N)c12. The van der Waals surface area contributed by atoms with Gasteiger partial charge in [0, 0.05) is 25.0 Å². The van der Waals surface area contributed by atoms with Gasteiger partial charge >= 0.3 is 0 Å². The Morgan fingerprint density at radius 2 is 2.00 bits per heavy atom. The van der Waals surface area contributed by atoms with Gasteiger partial charge in [-0.25, -0.2) is 9.97 Å². The molecule has 1 aliphatic heterocycles. The van der Waals surface area contributed by atoms with Crippen LogP contribution in [0.1, 0.15) is 38.9 Å². The van der Waals surface area contributed by atoms with Crippen LogP contribution in [0.4, 0.5) is 5.82 Å². The molecule has 0 aliphatic carbocycles. The Labute approximate surface area is 156 Å². The average Bonchev–Trinajstić information content (AvgIpc) is 3.12. The van der Waals surface area contributed by atoms with E-state index < -0.39 is 36.9 Å². The topological polar surface area (TPSA) is 145 Å². The quantitative estimate of drug-likeness (QED) is 0.489. The molecule has 10 nitrogen and oxygen atoms in total. The van der Waals surface area contributed by atoms with Crippen LogP contribution in [0.5, 0.6) is 0 Å². The monoisotopic (exact) mass is 382 g/mol. The molecule has 0 bridgehead atoms. The number of fused-ring (bicyclic) bond motifs is 1. The van der Waals surface area contributed by atoms with Crippen molar-refractivity contribution in [1.29, 1.82) is 0 Å². The molecule has 1 saturated heterocycles. The van der Waals surface area contributed by atoms with Crippen molar-refractivity contribution in [3.63, 3.8) is 0 Å². The van der Waals surface area contributed by atoms with Crippen LogP contribution in [-0.2, 0) is 14.2 Å². The minimum absolute atomic E-state index is 0.232. The molecule has 1 aliphatic rings. The number of rotatable bonds is 7. The molecule has 0 aromatic carbocycles. The maximum absolute atomic E-state index is 10.8. The number of aromatic nitrogens is 3. The van der Waals surface area contributed by atoms with Gasteiger partial charge in [0.1, 0.15) is 35.6 Å². The van der Waals surface area contributed by atoms with Crippen LogP contribution in [0.15, 0.2) is 12.5 Å². The highest BCUT2D eigenvalue weighted by molar-refractivity contribution is 5.90. The first kappa shape index (κ1) is 19.9. The maximum atomic E-state index is 10.8. The summed E-state index contributed by atoms with van der Waals surface area (Å²) < 4.78 is 18.6.